The third-order valence-electron chi connectivity index (χ3n) is 12.6. The summed E-state index contributed by atoms with van der Waals surface area (Å²) in [5, 5.41) is 0. The van der Waals surface area contributed by atoms with Crippen LogP contribution in [-0.4, -0.2) is 0 Å². The molecule has 4 heteroatoms. The summed E-state index contributed by atoms with van der Waals surface area (Å²) < 4.78 is 14.4. The van der Waals surface area contributed by atoms with Crippen molar-refractivity contribution in [1.82, 2.24) is 0 Å². The average Bonchev–Trinajstić information content (AvgIpc) is 3.49. The average molecular weight is 813 g/mol. The molecular weight excluding hydrogens is 745 g/mol. The van der Waals surface area contributed by atoms with Crippen molar-refractivity contribution >= 4 is 11.4 Å². The number of ether oxygens (including phenoxy) is 2. The topological polar surface area (TPSA) is 70.5 Å². The molecule has 0 unspecified atom stereocenters. The fourth-order valence-corrected chi connectivity index (χ4v) is 9.42. The van der Waals surface area contributed by atoms with Crippen LogP contribution < -0.4 is 20.9 Å². The molecule has 7 rings (SSSR count). The highest BCUT2D eigenvalue weighted by molar-refractivity contribution is 5.87. The Kier molecular flexibility index (Phi) is 11.5. The first-order chi connectivity index (χ1) is 28.6. The molecule has 61 heavy (non-hydrogen) atoms. The van der Waals surface area contributed by atoms with Crippen LogP contribution in [0.1, 0.15) is 176 Å². The number of fused-ring (bicyclic) bond motifs is 3. The van der Waals surface area contributed by atoms with Gasteiger partial charge in [0.25, 0.3) is 0 Å². The van der Waals surface area contributed by atoms with Gasteiger partial charge in [-0.3, -0.25) is 0 Å². The van der Waals surface area contributed by atoms with E-state index in [0.717, 1.165) is 45.5 Å². The molecule has 0 atom stereocenters. The first kappa shape index (κ1) is 43.6. The van der Waals surface area contributed by atoms with E-state index in [1.54, 1.807) is 0 Å². The van der Waals surface area contributed by atoms with E-state index >= 15 is 0 Å². The predicted octanol–water partition coefficient (Wildman–Crippen LogP) is 15.9. The SMILES string of the molecule is CC(C)c1cc(C2(c3cc(C(C)C)c(Oc4ccc(N)cc4C(C)(C)C)c(C(C)C)c3)c3ccccc3-c3ccccc32)cc(C(C)C)c1Oc1ccc(N)cc1C(C)(C)C. The quantitative estimate of drug-likeness (QED) is 0.135. The van der Waals surface area contributed by atoms with Gasteiger partial charge in [-0.15, -0.1) is 0 Å². The first-order valence-electron chi connectivity index (χ1n) is 22.4. The molecule has 0 saturated carbocycles. The molecule has 6 aromatic rings. The standard InChI is InChI=1S/C57H68N2O2/c1-33(2)43-27-37(28-44(34(3)4)53(43)60-51-25-23-39(58)31-49(51)55(9,10)11)57(47-21-17-15-19-41(47)42-20-16-18-22-48(42)57)38-29-45(35(5)6)54(46(30-38)36(7)8)61-52-26-24-40(59)32-50(52)56(12,13)14/h15-36H,58-59H2,1-14H3. The van der Waals surface area contributed by atoms with Crippen LogP contribution >= 0.6 is 0 Å². The zero-order chi connectivity index (χ0) is 44.3. The molecule has 4 N–H and O–H groups in total. The number of benzene rings is 6. The zero-order valence-electron chi connectivity index (χ0n) is 39.2. The minimum atomic E-state index is -0.639. The van der Waals surface area contributed by atoms with Crippen molar-refractivity contribution in [3.05, 3.63) is 165 Å². The van der Waals surface area contributed by atoms with E-state index in [1.165, 1.54) is 55.6 Å². The maximum Gasteiger partial charge on any atom is 0.134 e. The van der Waals surface area contributed by atoms with Crippen LogP contribution in [0.4, 0.5) is 11.4 Å². The van der Waals surface area contributed by atoms with E-state index in [1.807, 2.05) is 24.3 Å². The molecule has 318 valence electrons. The second-order valence-corrected chi connectivity index (χ2v) is 20.6. The molecule has 0 bridgehead atoms. The summed E-state index contributed by atoms with van der Waals surface area (Å²) in [6, 6.07) is 40.0. The number of rotatable bonds is 10. The van der Waals surface area contributed by atoms with Crippen molar-refractivity contribution in [1.29, 1.82) is 0 Å². The highest BCUT2D eigenvalue weighted by atomic mass is 16.5. The van der Waals surface area contributed by atoms with Crippen LogP contribution in [0, 0.1) is 0 Å². The summed E-state index contributed by atoms with van der Waals surface area (Å²) in [5.74, 6) is 4.26. The Bertz CT molecular complexity index is 2360. The minimum absolute atomic E-state index is 0.164. The molecule has 0 heterocycles. The van der Waals surface area contributed by atoms with Crippen LogP contribution in [-0.2, 0) is 16.2 Å². The number of hydrogen-bond acceptors (Lipinski definition) is 4. The van der Waals surface area contributed by atoms with Crippen LogP contribution in [0.3, 0.4) is 0 Å². The first-order valence-corrected chi connectivity index (χ1v) is 22.4. The summed E-state index contributed by atoms with van der Waals surface area (Å²) in [4.78, 5) is 0. The van der Waals surface area contributed by atoms with Gasteiger partial charge in [0.05, 0.1) is 5.41 Å². The fraction of sp³-hybridized carbons (Fsp3) is 0.368. The summed E-state index contributed by atoms with van der Waals surface area (Å²) in [7, 11) is 0. The third-order valence-corrected chi connectivity index (χ3v) is 12.6. The second kappa shape index (κ2) is 16.1. The largest absolute Gasteiger partial charge is 0.456 e. The molecule has 0 amide bonds. The monoisotopic (exact) mass is 813 g/mol. The van der Waals surface area contributed by atoms with Crippen LogP contribution in [0.2, 0.25) is 0 Å². The van der Waals surface area contributed by atoms with E-state index in [4.69, 9.17) is 20.9 Å². The number of anilines is 2. The Morgan fingerprint density at radius 2 is 0.738 bits per heavy atom. The van der Waals surface area contributed by atoms with Crippen molar-refractivity contribution in [2.75, 3.05) is 11.5 Å². The van der Waals surface area contributed by atoms with E-state index in [0.29, 0.717) is 0 Å². The molecule has 4 nitrogen and oxygen atoms in total. The smallest absolute Gasteiger partial charge is 0.134 e. The normalized spacial score (nSPS) is 13.6. The highest BCUT2D eigenvalue weighted by Crippen LogP contribution is 2.59. The van der Waals surface area contributed by atoms with Gasteiger partial charge in [0.2, 0.25) is 0 Å². The van der Waals surface area contributed by atoms with Gasteiger partial charge in [-0.2, -0.15) is 0 Å². The number of hydrogen-bond donors (Lipinski definition) is 2. The van der Waals surface area contributed by atoms with E-state index in [2.05, 4.69) is 182 Å². The maximum atomic E-state index is 7.21. The molecule has 1 aliphatic carbocycles. The molecule has 0 aliphatic heterocycles. The van der Waals surface area contributed by atoms with Crippen molar-refractivity contribution in [2.45, 2.75) is 137 Å². The molecule has 1 aliphatic rings. The second-order valence-electron chi connectivity index (χ2n) is 20.6. The van der Waals surface area contributed by atoms with Gasteiger partial charge in [0, 0.05) is 22.5 Å². The van der Waals surface area contributed by atoms with Gasteiger partial charge in [-0.25, -0.2) is 0 Å². The number of nitrogen functional groups attached to an aromatic ring is 2. The Morgan fingerprint density at radius 1 is 0.426 bits per heavy atom. The van der Waals surface area contributed by atoms with Gasteiger partial charge in [-0.1, -0.05) is 170 Å². The summed E-state index contributed by atoms with van der Waals surface area (Å²) in [5.41, 5.74) is 27.8. The Balaban J connectivity index is 1.57. The minimum Gasteiger partial charge on any atom is -0.456 e. The lowest BCUT2D eigenvalue weighted by molar-refractivity contribution is 0.440. The zero-order valence-corrected chi connectivity index (χ0v) is 39.2. The van der Waals surface area contributed by atoms with Crippen molar-refractivity contribution in [3.8, 4) is 34.1 Å². The molecule has 0 radical (unpaired) electrons. The van der Waals surface area contributed by atoms with E-state index in [9.17, 15) is 0 Å². The van der Waals surface area contributed by atoms with Gasteiger partial charge in [0.15, 0.2) is 0 Å². The third kappa shape index (κ3) is 7.84. The molecule has 0 saturated heterocycles. The lowest BCUT2D eigenvalue weighted by Gasteiger charge is -2.37. The van der Waals surface area contributed by atoms with Crippen molar-refractivity contribution in [2.24, 2.45) is 0 Å². The van der Waals surface area contributed by atoms with Crippen LogP contribution in [0.5, 0.6) is 23.0 Å². The van der Waals surface area contributed by atoms with E-state index in [-0.39, 0.29) is 34.5 Å². The van der Waals surface area contributed by atoms with Gasteiger partial charge >= 0.3 is 0 Å². The molecular formula is C57H68N2O2. The Hall–Kier alpha value is -5.48. The maximum absolute atomic E-state index is 7.21. The van der Waals surface area contributed by atoms with E-state index < -0.39 is 5.41 Å². The van der Waals surface area contributed by atoms with Crippen LogP contribution in [0.15, 0.2) is 109 Å². The lowest BCUT2D eigenvalue weighted by atomic mass is 9.65. The fourth-order valence-electron chi connectivity index (χ4n) is 9.42. The number of nitrogens with two attached hydrogens (primary N) is 2. The molecule has 0 aromatic heterocycles. The van der Waals surface area contributed by atoms with Gasteiger partial charge in [-0.05, 0) is 127 Å². The molecule has 0 fully saturated rings. The predicted molar refractivity (Wildman–Crippen MR) is 259 cm³/mol. The van der Waals surface area contributed by atoms with Gasteiger partial charge in [0.1, 0.15) is 23.0 Å². The van der Waals surface area contributed by atoms with Crippen LogP contribution in [0.25, 0.3) is 11.1 Å². The Morgan fingerprint density at radius 3 is 1.03 bits per heavy atom. The molecule has 6 aromatic carbocycles. The summed E-state index contributed by atoms with van der Waals surface area (Å²) in [6.45, 7) is 31.6. The van der Waals surface area contributed by atoms with Crippen molar-refractivity contribution < 1.29 is 9.47 Å². The summed E-state index contributed by atoms with van der Waals surface area (Å²) >= 11 is 0. The van der Waals surface area contributed by atoms with Gasteiger partial charge < -0.3 is 20.9 Å². The lowest BCUT2D eigenvalue weighted by Crippen LogP contribution is -2.30. The highest BCUT2D eigenvalue weighted by Gasteiger charge is 2.47. The molecule has 0 spiro atoms. The Labute approximate surface area is 366 Å². The van der Waals surface area contributed by atoms with Crippen molar-refractivity contribution in [3.63, 3.8) is 0 Å². The summed E-state index contributed by atoms with van der Waals surface area (Å²) in [6.07, 6.45) is 0.